The Morgan fingerprint density at radius 3 is 2.42 bits per heavy atom. The summed E-state index contributed by atoms with van der Waals surface area (Å²) in [5.41, 5.74) is 2.76. The van der Waals surface area contributed by atoms with E-state index in [9.17, 15) is 13.6 Å². The fraction of sp³-hybridized carbons (Fsp3) is 0.208. The number of rotatable bonds is 7. The molecule has 9 heteroatoms. The molecule has 2 aromatic heterocycles. The van der Waals surface area contributed by atoms with Gasteiger partial charge in [-0.15, -0.1) is 0 Å². The zero-order valence-corrected chi connectivity index (χ0v) is 18.2. The van der Waals surface area contributed by atoms with Gasteiger partial charge in [0.05, 0.1) is 23.6 Å². The minimum absolute atomic E-state index is 0.140. The Kier molecular flexibility index (Phi) is 6.48. The Morgan fingerprint density at radius 1 is 1.03 bits per heavy atom. The summed E-state index contributed by atoms with van der Waals surface area (Å²) in [7, 11) is 0. The summed E-state index contributed by atoms with van der Waals surface area (Å²) in [6.45, 7) is 4.73. The molecule has 33 heavy (non-hydrogen) atoms. The maximum atomic E-state index is 14.0. The molecular weight excluding hydrogens is 426 g/mol. The first-order chi connectivity index (χ1) is 16.0. The number of carbonyl (C=O) groups is 1. The molecule has 0 unspecified atom stereocenters. The fourth-order valence-electron chi connectivity index (χ4n) is 3.49. The minimum atomic E-state index is -0.672. The van der Waals surface area contributed by atoms with Crippen molar-refractivity contribution in [3.63, 3.8) is 0 Å². The largest absolute Gasteiger partial charge is 0.338 e. The average Bonchev–Trinajstić information content (AvgIpc) is 3.34. The van der Waals surface area contributed by atoms with Crippen LogP contribution in [0.4, 0.5) is 8.78 Å². The Morgan fingerprint density at radius 2 is 1.76 bits per heavy atom. The summed E-state index contributed by atoms with van der Waals surface area (Å²) in [6, 6.07) is 8.93. The molecule has 1 amide bonds. The van der Waals surface area contributed by atoms with Gasteiger partial charge in [-0.05, 0) is 38.1 Å². The van der Waals surface area contributed by atoms with Gasteiger partial charge in [-0.1, -0.05) is 11.6 Å². The second-order valence-electron chi connectivity index (χ2n) is 7.49. The monoisotopic (exact) mass is 448 g/mol. The van der Waals surface area contributed by atoms with Gasteiger partial charge in [-0.2, -0.15) is 15.0 Å². The van der Waals surface area contributed by atoms with Crippen LogP contribution in [-0.2, 0) is 6.42 Å². The Hall–Kier alpha value is -4.01. The predicted octanol–water partition coefficient (Wildman–Crippen LogP) is 4.02. The maximum absolute atomic E-state index is 14.0. The molecule has 0 atom stereocenters. The third-order valence-electron chi connectivity index (χ3n) is 5.24. The van der Waals surface area contributed by atoms with Gasteiger partial charge in [0.25, 0.3) is 5.91 Å². The van der Waals surface area contributed by atoms with Crippen LogP contribution in [0.1, 0.15) is 28.7 Å². The number of benzene rings is 2. The molecule has 2 heterocycles. The molecule has 2 aromatic carbocycles. The van der Waals surface area contributed by atoms with Gasteiger partial charge in [0.15, 0.2) is 0 Å². The molecule has 0 spiro atoms. The van der Waals surface area contributed by atoms with Crippen molar-refractivity contribution in [2.24, 2.45) is 0 Å². The van der Waals surface area contributed by atoms with Crippen molar-refractivity contribution in [2.45, 2.75) is 20.3 Å². The molecule has 0 fully saturated rings. The van der Waals surface area contributed by atoms with E-state index in [2.05, 4.69) is 20.2 Å². The first kappa shape index (κ1) is 22.2. The lowest BCUT2D eigenvalue weighted by Gasteiger charge is -2.22. The van der Waals surface area contributed by atoms with E-state index in [-0.39, 0.29) is 11.5 Å². The molecule has 0 radical (unpaired) electrons. The van der Waals surface area contributed by atoms with Crippen LogP contribution in [0.5, 0.6) is 0 Å². The van der Waals surface area contributed by atoms with E-state index >= 15 is 0 Å². The number of hydrogen-bond donors (Lipinski definition) is 0. The van der Waals surface area contributed by atoms with Crippen LogP contribution in [0, 0.1) is 18.6 Å². The zero-order chi connectivity index (χ0) is 23.4. The quantitative estimate of drug-likeness (QED) is 0.427. The van der Waals surface area contributed by atoms with Gasteiger partial charge in [0.1, 0.15) is 17.5 Å². The second kappa shape index (κ2) is 9.64. The van der Waals surface area contributed by atoms with Gasteiger partial charge >= 0.3 is 0 Å². The maximum Gasteiger partial charge on any atom is 0.256 e. The molecule has 0 bridgehead atoms. The second-order valence-corrected chi connectivity index (χ2v) is 7.49. The van der Waals surface area contributed by atoms with Gasteiger partial charge in [-0.3, -0.25) is 4.79 Å². The smallest absolute Gasteiger partial charge is 0.256 e. The molecular formula is C24H22F2N6O. The van der Waals surface area contributed by atoms with Gasteiger partial charge in [0, 0.05) is 49.1 Å². The summed E-state index contributed by atoms with van der Waals surface area (Å²) in [5.74, 6) is -0.933. The number of aryl methyl sites for hydroxylation is 1. The van der Waals surface area contributed by atoms with Crippen LogP contribution in [0.25, 0.3) is 16.8 Å². The molecule has 0 aliphatic carbocycles. The molecule has 4 aromatic rings. The third kappa shape index (κ3) is 4.92. The van der Waals surface area contributed by atoms with Crippen molar-refractivity contribution < 1.29 is 13.6 Å². The number of amides is 1. The lowest BCUT2D eigenvalue weighted by Crippen LogP contribution is -2.34. The highest BCUT2D eigenvalue weighted by atomic mass is 19.1. The van der Waals surface area contributed by atoms with Gasteiger partial charge in [0.2, 0.25) is 0 Å². The van der Waals surface area contributed by atoms with Crippen molar-refractivity contribution >= 4 is 5.91 Å². The van der Waals surface area contributed by atoms with Crippen molar-refractivity contribution in [3.05, 3.63) is 89.8 Å². The minimum Gasteiger partial charge on any atom is -0.338 e. The van der Waals surface area contributed by atoms with E-state index in [4.69, 9.17) is 0 Å². The predicted molar refractivity (Wildman–Crippen MR) is 119 cm³/mol. The summed E-state index contributed by atoms with van der Waals surface area (Å²) in [4.78, 5) is 25.0. The zero-order valence-electron chi connectivity index (χ0n) is 18.2. The number of likely N-dealkylation sites (N-methyl/N-ethyl adjacent to an activating group) is 1. The lowest BCUT2D eigenvalue weighted by atomic mass is 10.1. The van der Waals surface area contributed by atoms with E-state index in [0.29, 0.717) is 42.1 Å². The van der Waals surface area contributed by atoms with Crippen LogP contribution in [-0.4, -0.2) is 48.9 Å². The Labute approximate surface area is 189 Å². The molecule has 0 aliphatic rings. The molecule has 0 aliphatic heterocycles. The van der Waals surface area contributed by atoms with Crippen molar-refractivity contribution in [3.8, 4) is 16.8 Å². The molecule has 0 saturated heterocycles. The number of halogens is 2. The lowest BCUT2D eigenvalue weighted by molar-refractivity contribution is 0.0765. The van der Waals surface area contributed by atoms with Crippen LogP contribution < -0.4 is 0 Å². The van der Waals surface area contributed by atoms with Gasteiger partial charge in [-0.25, -0.2) is 18.7 Å². The number of nitrogens with zero attached hydrogens (tertiary/aromatic N) is 6. The standard InChI is InChI=1S/C24H22F2N6O/c1-3-31(24(33)20-12-16(2)4-7-22(20)32-29-9-10-30-32)11-8-23-27-14-17(15-28-23)19-6-5-18(25)13-21(19)26/h4-7,9-10,12-15H,3,8,11H2,1-2H3. The number of aromatic nitrogens is 5. The first-order valence-corrected chi connectivity index (χ1v) is 10.5. The van der Waals surface area contributed by atoms with E-state index in [0.717, 1.165) is 11.6 Å². The van der Waals surface area contributed by atoms with Crippen LogP contribution in [0.3, 0.4) is 0 Å². The first-order valence-electron chi connectivity index (χ1n) is 10.5. The summed E-state index contributed by atoms with van der Waals surface area (Å²) < 4.78 is 27.1. The number of carbonyl (C=O) groups excluding carboxylic acids is 1. The topological polar surface area (TPSA) is 76.8 Å². The van der Waals surface area contributed by atoms with E-state index in [1.54, 1.807) is 17.3 Å². The molecule has 4 rings (SSSR count). The molecule has 168 valence electrons. The molecule has 7 nitrogen and oxygen atoms in total. The summed E-state index contributed by atoms with van der Waals surface area (Å²) in [6.07, 6.45) is 6.54. The highest BCUT2D eigenvalue weighted by molar-refractivity contribution is 5.98. The van der Waals surface area contributed by atoms with E-state index in [1.165, 1.54) is 29.3 Å². The average molecular weight is 448 g/mol. The Bertz CT molecular complexity index is 1260. The third-order valence-corrected chi connectivity index (χ3v) is 5.24. The van der Waals surface area contributed by atoms with Crippen LogP contribution >= 0.6 is 0 Å². The number of hydrogen-bond acceptors (Lipinski definition) is 5. The van der Waals surface area contributed by atoms with E-state index in [1.807, 2.05) is 32.0 Å². The summed E-state index contributed by atoms with van der Waals surface area (Å²) >= 11 is 0. The molecule has 0 N–H and O–H groups in total. The molecule has 0 saturated carbocycles. The summed E-state index contributed by atoms with van der Waals surface area (Å²) in [5, 5.41) is 8.30. The van der Waals surface area contributed by atoms with Crippen LogP contribution in [0.15, 0.2) is 61.2 Å². The van der Waals surface area contributed by atoms with Crippen molar-refractivity contribution in [2.75, 3.05) is 13.1 Å². The fourth-order valence-corrected chi connectivity index (χ4v) is 3.49. The van der Waals surface area contributed by atoms with Crippen LogP contribution in [0.2, 0.25) is 0 Å². The highest BCUT2D eigenvalue weighted by Gasteiger charge is 2.20. The van der Waals surface area contributed by atoms with Crippen molar-refractivity contribution in [1.29, 1.82) is 0 Å². The SMILES string of the molecule is CCN(CCc1ncc(-c2ccc(F)cc2F)cn1)C(=O)c1cc(C)ccc1-n1nccn1. The van der Waals surface area contributed by atoms with Crippen molar-refractivity contribution in [1.82, 2.24) is 29.9 Å². The normalized spacial score (nSPS) is 10.9. The van der Waals surface area contributed by atoms with Gasteiger partial charge < -0.3 is 4.90 Å². The highest BCUT2D eigenvalue weighted by Crippen LogP contribution is 2.22. The van der Waals surface area contributed by atoms with E-state index < -0.39 is 11.6 Å². The Balaban J connectivity index is 1.49.